The van der Waals surface area contributed by atoms with Crippen molar-refractivity contribution < 1.29 is 0 Å². The van der Waals surface area contributed by atoms with E-state index in [1.54, 1.807) is 17.5 Å². The van der Waals surface area contributed by atoms with Crippen LogP contribution in [-0.2, 0) is 12.8 Å². The zero-order valence-electron chi connectivity index (χ0n) is 7.31. The van der Waals surface area contributed by atoms with Gasteiger partial charge in [-0.15, -0.1) is 0 Å². The Morgan fingerprint density at radius 3 is 3.08 bits per heavy atom. The van der Waals surface area contributed by atoms with Gasteiger partial charge >= 0.3 is 0 Å². The van der Waals surface area contributed by atoms with Crippen LogP contribution in [0.15, 0.2) is 11.1 Å². The molecule has 0 amide bonds. The van der Waals surface area contributed by atoms with Crippen LogP contribution in [0, 0.1) is 0 Å². The maximum Gasteiger partial charge on any atom is 0.0437 e. The molecule has 0 aliphatic heterocycles. The SMILES string of the molecule is CNSc1c[nH]c2c1CCCC2. The molecule has 2 nitrogen and oxygen atoms in total. The average Bonchev–Trinajstić information content (AvgIpc) is 2.50. The van der Waals surface area contributed by atoms with Gasteiger partial charge in [0, 0.05) is 16.8 Å². The van der Waals surface area contributed by atoms with E-state index in [1.165, 1.54) is 36.3 Å². The second-order valence-corrected chi connectivity index (χ2v) is 4.18. The molecule has 12 heavy (non-hydrogen) atoms. The summed E-state index contributed by atoms with van der Waals surface area (Å²) in [4.78, 5) is 4.73. The minimum Gasteiger partial charge on any atom is -0.364 e. The van der Waals surface area contributed by atoms with Gasteiger partial charge in [-0.3, -0.25) is 4.72 Å². The van der Waals surface area contributed by atoms with Gasteiger partial charge in [-0.05, 0) is 50.2 Å². The molecule has 1 heterocycles. The molecule has 1 aliphatic rings. The van der Waals surface area contributed by atoms with Gasteiger partial charge in [-0.2, -0.15) is 0 Å². The first-order valence-electron chi connectivity index (χ1n) is 4.44. The summed E-state index contributed by atoms with van der Waals surface area (Å²) in [7, 11) is 1.97. The molecule has 0 radical (unpaired) electrons. The largest absolute Gasteiger partial charge is 0.364 e. The summed E-state index contributed by atoms with van der Waals surface area (Å²) < 4.78 is 3.12. The molecule has 0 saturated heterocycles. The number of H-pyrrole nitrogens is 1. The Morgan fingerprint density at radius 2 is 2.25 bits per heavy atom. The predicted octanol–water partition coefficient (Wildman–Crippen LogP) is 2.12. The quantitative estimate of drug-likeness (QED) is 0.686. The molecular formula is C9H14N2S. The first-order valence-corrected chi connectivity index (χ1v) is 5.26. The van der Waals surface area contributed by atoms with Crippen molar-refractivity contribution in [3.63, 3.8) is 0 Å². The summed E-state index contributed by atoms with van der Waals surface area (Å²) in [5.74, 6) is 0. The standard InChI is InChI=1S/C9H14N2S/c1-10-12-9-6-11-8-5-3-2-4-7(8)9/h6,10-11H,2-5H2,1H3. The van der Waals surface area contributed by atoms with E-state index in [-0.39, 0.29) is 0 Å². The molecule has 1 aromatic rings. The van der Waals surface area contributed by atoms with E-state index in [0.29, 0.717) is 0 Å². The first kappa shape index (κ1) is 8.20. The molecule has 2 N–H and O–H groups in total. The maximum atomic E-state index is 3.35. The van der Waals surface area contributed by atoms with Crippen molar-refractivity contribution in [2.75, 3.05) is 7.05 Å². The van der Waals surface area contributed by atoms with Crippen molar-refractivity contribution in [3.8, 4) is 0 Å². The highest BCUT2D eigenvalue weighted by Gasteiger charge is 2.14. The Hall–Kier alpha value is -0.410. The summed E-state index contributed by atoms with van der Waals surface area (Å²) >= 11 is 1.72. The van der Waals surface area contributed by atoms with Gasteiger partial charge < -0.3 is 4.98 Å². The smallest absolute Gasteiger partial charge is 0.0437 e. The predicted molar refractivity (Wildman–Crippen MR) is 52.4 cm³/mol. The molecule has 66 valence electrons. The van der Waals surface area contributed by atoms with E-state index in [0.717, 1.165) is 0 Å². The fourth-order valence-electron chi connectivity index (χ4n) is 1.78. The van der Waals surface area contributed by atoms with E-state index in [2.05, 4.69) is 15.9 Å². The van der Waals surface area contributed by atoms with E-state index in [1.807, 2.05) is 7.05 Å². The zero-order chi connectivity index (χ0) is 8.39. The lowest BCUT2D eigenvalue weighted by atomic mass is 9.98. The Morgan fingerprint density at radius 1 is 1.42 bits per heavy atom. The topological polar surface area (TPSA) is 27.8 Å². The number of aromatic amines is 1. The second kappa shape index (κ2) is 3.54. The highest BCUT2D eigenvalue weighted by Crippen LogP contribution is 2.28. The van der Waals surface area contributed by atoms with Crippen LogP contribution in [0.5, 0.6) is 0 Å². The van der Waals surface area contributed by atoms with Gasteiger partial charge in [0.25, 0.3) is 0 Å². The van der Waals surface area contributed by atoms with E-state index >= 15 is 0 Å². The number of aryl methyl sites for hydroxylation is 1. The van der Waals surface area contributed by atoms with Crippen molar-refractivity contribution in [2.45, 2.75) is 30.6 Å². The third-order valence-corrected chi connectivity index (χ3v) is 3.14. The Bertz CT molecular complexity index is 267. The molecule has 0 unspecified atom stereocenters. The maximum absolute atomic E-state index is 3.35. The molecule has 1 aliphatic carbocycles. The summed E-state index contributed by atoms with van der Waals surface area (Å²) in [6.07, 6.45) is 7.30. The number of aromatic nitrogens is 1. The van der Waals surface area contributed by atoms with Gasteiger partial charge in [0.1, 0.15) is 0 Å². The molecule has 0 fully saturated rings. The van der Waals surface area contributed by atoms with E-state index < -0.39 is 0 Å². The van der Waals surface area contributed by atoms with Gasteiger partial charge in [-0.25, -0.2) is 0 Å². The number of nitrogens with one attached hydrogen (secondary N) is 2. The van der Waals surface area contributed by atoms with Crippen LogP contribution in [0.25, 0.3) is 0 Å². The summed E-state index contributed by atoms with van der Waals surface area (Å²) in [6.45, 7) is 0. The molecule has 2 rings (SSSR count). The molecule has 0 spiro atoms. The number of rotatable bonds is 2. The summed E-state index contributed by atoms with van der Waals surface area (Å²) in [6, 6.07) is 0. The normalized spacial score (nSPS) is 16.1. The Kier molecular flexibility index (Phi) is 2.42. The lowest BCUT2D eigenvalue weighted by molar-refractivity contribution is 0.671. The average molecular weight is 182 g/mol. The monoisotopic (exact) mass is 182 g/mol. The fraction of sp³-hybridized carbons (Fsp3) is 0.556. The van der Waals surface area contributed by atoms with Crippen molar-refractivity contribution in [2.24, 2.45) is 0 Å². The second-order valence-electron chi connectivity index (χ2n) is 3.12. The van der Waals surface area contributed by atoms with Crippen molar-refractivity contribution in [1.82, 2.24) is 9.71 Å². The first-order chi connectivity index (χ1) is 5.92. The third-order valence-electron chi connectivity index (χ3n) is 2.35. The van der Waals surface area contributed by atoms with Crippen LogP contribution in [0.4, 0.5) is 0 Å². The zero-order valence-corrected chi connectivity index (χ0v) is 8.13. The lowest BCUT2D eigenvalue weighted by Gasteiger charge is -2.11. The number of fused-ring (bicyclic) bond motifs is 1. The number of hydrogen-bond donors (Lipinski definition) is 2. The third kappa shape index (κ3) is 1.39. The van der Waals surface area contributed by atoms with E-state index in [4.69, 9.17) is 0 Å². The van der Waals surface area contributed by atoms with Crippen molar-refractivity contribution in [1.29, 1.82) is 0 Å². The minimum atomic E-state index is 1.24. The van der Waals surface area contributed by atoms with E-state index in [9.17, 15) is 0 Å². The van der Waals surface area contributed by atoms with Crippen LogP contribution in [0.1, 0.15) is 24.1 Å². The van der Waals surface area contributed by atoms with Gasteiger partial charge in [0.2, 0.25) is 0 Å². The molecular weight excluding hydrogens is 168 g/mol. The lowest BCUT2D eigenvalue weighted by Crippen LogP contribution is -2.01. The molecule has 0 aromatic carbocycles. The highest BCUT2D eigenvalue weighted by atomic mass is 32.2. The van der Waals surface area contributed by atoms with Crippen LogP contribution in [0.3, 0.4) is 0 Å². The Labute approximate surface area is 77.3 Å². The summed E-state index contributed by atoms with van der Waals surface area (Å²) in [5, 5.41) is 0. The molecule has 0 atom stereocenters. The van der Waals surface area contributed by atoms with Gasteiger partial charge in [-0.1, -0.05) is 0 Å². The van der Waals surface area contributed by atoms with Crippen LogP contribution < -0.4 is 4.72 Å². The van der Waals surface area contributed by atoms with Crippen LogP contribution in [-0.4, -0.2) is 12.0 Å². The number of hydrogen-bond acceptors (Lipinski definition) is 2. The van der Waals surface area contributed by atoms with Crippen LogP contribution >= 0.6 is 11.9 Å². The van der Waals surface area contributed by atoms with Crippen LogP contribution in [0.2, 0.25) is 0 Å². The summed E-state index contributed by atoms with van der Waals surface area (Å²) in [5.41, 5.74) is 3.00. The van der Waals surface area contributed by atoms with Crippen molar-refractivity contribution in [3.05, 3.63) is 17.5 Å². The Balaban J connectivity index is 2.25. The molecule has 1 aromatic heterocycles. The molecule has 3 heteroatoms. The highest BCUT2D eigenvalue weighted by molar-refractivity contribution is 7.97. The van der Waals surface area contributed by atoms with Crippen molar-refractivity contribution >= 4 is 11.9 Å². The minimum absolute atomic E-state index is 1.24. The molecule has 0 saturated carbocycles. The fourth-order valence-corrected chi connectivity index (χ4v) is 2.46. The van der Waals surface area contributed by atoms with Gasteiger partial charge in [0.15, 0.2) is 0 Å². The molecule has 0 bridgehead atoms. The van der Waals surface area contributed by atoms with Gasteiger partial charge in [0.05, 0.1) is 0 Å².